The van der Waals surface area contributed by atoms with Gasteiger partial charge in [0.15, 0.2) is 6.61 Å². The molecule has 2 N–H and O–H groups in total. The molecule has 0 atom stereocenters. The third-order valence-electron chi connectivity index (χ3n) is 3.25. The lowest BCUT2D eigenvalue weighted by molar-refractivity contribution is -0.131. The molecule has 0 fully saturated rings. The summed E-state index contributed by atoms with van der Waals surface area (Å²) in [4.78, 5) is 13.3. The molecule has 0 aliphatic carbocycles. The van der Waals surface area contributed by atoms with Gasteiger partial charge in [-0.2, -0.15) is 0 Å². The van der Waals surface area contributed by atoms with E-state index in [2.05, 4.69) is 0 Å². The van der Waals surface area contributed by atoms with Crippen molar-refractivity contribution in [3.8, 4) is 5.75 Å². The Kier molecular flexibility index (Phi) is 5.13. The normalized spacial score (nSPS) is 11.2. The monoisotopic (exact) mass is 300 g/mol. The van der Waals surface area contributed by atoms with E-state index in [0.717, 1.165) is 0 Å². The minimum atomic E-state index is -3.75. The Balaban J connectivity index is 2.95. The summed E-state index contributed by atoms with van der Waals surface area (Å²) in [7, 11) is -2.06. The van der Waals surface area contributed by atoms with Crippen LogP contribution in [0.3, 0.4) is 0 Å². The van der Waals surface area contributed by atoms with Crippen LogP contribution in [-0.2, 0) is 14.8 Å². The molecule has 1 aromatic carbocycles. The number of nitrogens with two attached hydrogens (primary N) is 1. The predicted octanol–water partition coefficient (Wildman–Crippen LogP) is 0.808. The van der Waals surface area contributed by atoms with Crippen molar-refractivity contribution in [1.29, 1.82) is 0 Å². The Bertz CT molecular complexity index is 611. The van der Waals surface area contributed by atoms with E-state index in [0.29, 0.717) is 23.4 Å². The Hall–Kier alpha value is -1.60. The SMILES string of the molecule is CCN(C)C(=O)COc1ccc(S(N)(=O)=O)c(C)c1C. The van der Waals surface area contributed by atoms with Gasteiger partial charge in [-0.3, -0.25) is 4.79 Å². The summed E-state index contributed by atoms with van der Waals surface area (Å²) in [6.07, 6.45) is 0. The third kappa shape index (κ3) is 3.71. The van der Waals surface area contributed by atoms with Crippen LogP contribution in [0.1, 0.15) is 18.1 Å². The van der Waals surface area contributed by atoms with Crippen LogP contribution in [-0.4, -0.2) is 39.4 Å². The molecule has 0 radical (unpaired) electrons. The van der Waals surface area contributed by atoms with Gasteiger partial charge in [0.2, 0.25) is 10.0 Å². The Morgan fingerprint density at radius 1 is 1.30 bits per heavy atom. The molecule has 0 bridgehead atoms. The van der Waals surface area contributed by atoms with Gasteiger partial charge in [-0.05, 0) is 44.0 Å². The maximum atomic E-state index is 11.7. The van der Waals surface area contributed by atoms with Crippen LogP contribution in [0.4, 0.5) is 0 Å². The van der Waals surface area contributed by atoms with Crippen molar-refractivity contribution in [3.05, 3.63) is 23.3 Å². The maximum absolute atomic E-state index is 11.7. The first-order valence-electron chi connectivity index (χ1n) is 6.18. The van der Waals surface area contributed by atoms with Gasteiger partial charge >= 0.3 is 0 Å². The van der Waals surface area contributed by atoms with Gasteiger partial charge in [-0.25, -0.2) is 13.6 Å². The second-order valence-corrected chi connectivity index (χ2v) is 6.08. The first-order chi connectivity index (χ1) is 9.18. The van der Waals surface area contributed by atoms with E-state index in [9.17, 15) is 13.2 Å². The average Bonchev–Trinajstić information content (AvgIpc) is 2.37. The molecule has 0 aliphatic heterocycles. The first kappa shape index (κ1) is 16.5. The lowest BCUT2D eigenvalue weighted by Crippen LogP contribution is -2.31. The van der Waals surface area contributed by atoms with Crippen LogP contribution >= 0.6 is 0 Å². The Labute approximate surface area is 119 Å². The van der Waals surface area contributed by atoms with E-state index < -0.39 is 10.0 Å². The Morgan fingerprint density at radius 3 is 2.40 bits per heavy atom. The second-order valence-electron chi connectivity index (χ2n) is 4.55. The number of hydrogen-bond donors (Lipinski definition) is 1. The number of benzene rings is 1. The lowest BCUT2D eigenvalue weighted by Gasteiger charge is -2.17. The highest BCUT2D eigenvalue weighted by atomic mass is 32.2. The number of carbonyl (C=O) groups excluding carboxylic acids is 1. The molecular weight excluding hydrogens is 280 g/mol. The van der Waals surface area contributed by atoms with Crippen molar-refractivity contribution in [1.82, 2.24) is 4.90 Å². The minimum absolute atomic E-state index is 0.0688. The van der Waals surface area contributed by atoms with Crippen LogP contribution in [0.5, 0.6) is 5.75 Å². The van der Waals surface area contributed by atoms with Crippen LogP contribution < -0.4 is 9.88 Å². The van der Waals surface area contributed by atoms with Crippen molar-refractivity contribution >= 4 is 15.9 Å². The molecule has 7 heteroatoms. The van der Waals surface area contributed by atoms with E-state index >= 15 is 0 Å². The maximum Gasteiger partial charge on any atom is 0.260 e. The highest BCUT2D eigenvalue weighted by Crippen LogP contribution is 2.26. The summed E-state index contributed by atoms with van der Waals surface area (Å²) in [5, 5.41) is 5.13. The fourth-order valence-electron chi connectivity index (χ4n) is 1.66. The fourth-order valence-corrected chi connectivity index (χ4v) is 2.50. The van der Waals surface area contributed by atoms with E-state index in [1.165, 1.54) is 12.1 Å². The van der Waals surface area contributed by atoms with Gasteiger partial charge in [-0.1, -0.05) is 0 Å². The fraction of sp³-hybridized carbons (Fsp3) is 0.462. The predicted molar refractivity (Wildman–Crippen MR) is 76.1 cm³/mol. The largest absolute Gasteiger partial charge is 0.483 e. The van der Waals surface area contributed by atoms with Gasteiger partial charge in [0.05, 0.1) is 4.90 Å². The second kappa shape index (κ2) is 6.23. The van der Waals surface area contributed by atoms with Crippen molar-refractivity contribution in [3.63, 3.8) is 0 Å². The van der Waals surface area contributed by atoms with Crippen LogP contribution in [0.2, 0.25) is 0 Å². The van der Waals surface area contributed by atoms with Crippen LogP contribution in [0.25, 0.3) is 0 Å². The molecule has 1 aromatic rings. The van der Waals surface area contributed by atoms with E-state index in [1.54, 1.807) is 25.8 Å². The zero-order valence-electron chi connectivity index (χ0n) is 12.1. The number of nitrogens with zero attached hydrogens (tertiary/aromatic N) is 1. The molecule has 0 saturated carbocycles. The lowest BCUT2D eigenvalue weighted by atomic mass is 10.1. The molecule has 1 rings (SSSR count). The van der Waals surface area contributed by atoms with Crippen molar-refractivity contribution < 1.29 is 17.9 Å². The van der Waals surface area contributed by atoms with Gasteiger partial charge in [-0.15, -0.1) is 0 Å². The smallest absolute Gasteiger partial charge is 0.260 e. The minimum Gasteiger partial charge on any atom is -0.483 e. The van der Waals surface area contributed by atoms with Gasteiger partial charge in [0.1, 0.15) is 5.75 Å². The van der Waals surface area contributed by atoms with Crippen molar-refractivity contribution in [2.75, 3.05) is 20.2 Å². The third-order valence-corrected chi connectivity index (χ3v) is 4.30. The number of rotatable bonds is 5. The number of sulfonamides is 1. The first-order valence-corrected chi connectivity index (χ1v) is 7.72. The Morgan fingerprint density at radius 2 is 1.90 bits per heavy atom. The van der Waals surface area contributed by atoms with Gasteiger partial charge < -0.3 is 9.64 Å². The molecule has 6 nitrogen and oxygen atoms in total. The number of ether oxygens (including phenoxy) is 1. The zero-order chi connectivity index (χ0) is 15.5. The molecule has 0 unspecified atom stereocenters. The molecule has 0 heterocycles. The molecule has 0 saturated heterocycles. The van der Waals surface area contributed by atoms with Crippen LogP contribution in [0, 0.1) is 13.8 Å². The highest BCUT2D eigenvalue weighted by molar-refractivity contribution is 7.89. The van der Waals surface area contributed by atoms with E-state index in [1.807, 2.05) is 6.92 Å². The molecule has 0 aliphatic rings. The molecular formula is C13H20N2O4S. The quantitative estimate of drug-likeness (QED) is 0.871. The molecule has 0 aromatic heterocycles. The highest BCUT2D eigenvalue weighted by Gasteiger charge is 2.16. The topological polar surface area (TPSA) is 89.7 Å². The van der Waals surface area contributed by atoms with E-state index in [4.69, 9.17) is 9.88 Å². The summed E-state index contributed by atoms with van der Waals surface area (Å²) in [5.41, 5.74) is 1.18. The average molecular weight is 300 g/mol. The molecule has 1 amide bonds. The molecule has 20 heavy (non-hydrogen) atoms. The van der Waals surface area contributed by atoms with Crippen molar-refractivity contribution in [2.24, 2.45) is 5.14 Å². The molecule has 0 spiro atoms. The summed E-state index contributed by atoms with van der Waals surface area (Å²) in [5.74, 6) is 0.341. The van der Waals surface area contributed by atoms with Gasteiger partial charge in [0, 0.05) is 13.6 Å². The number of primary sulfonamides is 1. The number of likely N-dealkylation sites (N-methyl/N-ethyl adjacent to an activating group) is 1. The summed E-state index contributed by atoms with van der Waals surface area (Å²) in [6, 6.07) is 2.91. The standard InChI is InChI=1S/C13H20N2O4S/c1-5-15(4)13(16)8-19-11-6-7-12(20(14,17)18)10(3)9(11)2/h6-7H,5,8H2,1-4H3,(H2,14,17,18). The summed E-state index contributed by atoms with van der Waals surface area (Å²) < 4.78 is 28.2. The number of amides is 1. The van der Waals surface area contributed by atoms with Crippen LogP contribution in [0.15, 0.2) is 17.0 Å². The summed E-state index contributed by atoms with van der Waals surface area (Å²) in [6.45, 7) is 5.77. The zero-order valence-corrected chi connectivity index (χ0v) is 13.0. The number of hydrogen-bond acceptors (Lipinski definition) is 4. The summed E-state index contributed by atoms with van der Waals surface area (Å²) >= 11 is 0. The molecule has 112 valence electrons. The van der Waals surface area contributed by atoms with Gasteiger partial charge in [0.25, 0.3) is 5.91 Å². The number of carbonyl (C=O) groups is 1. The van der Waals surface area contributed by atoms with Crippen molar-refractivity contribution in [2.45, 2.75) is 25.7 Å². The van der Waals surface area contributed by atoms with E-state index in [-0.39, 0.29) is 17.4 Å².